The molecule has 3 saturated carbocycles. The van der Waals surface area contributed by atoms with E-state index in [0.29, 0.717) is 43.5 Å². The van der Waals surface area contributed by atoms with Gasteiger partial charge in [0.15, 0.2) is 0 Å². The van der Waals surface area contributed by atoms with Gasteiger partial charge in [-0.25, -0.2) is 9.48 Å². The van der Waals surface area contributed by atoms with Crippen molar-refractivity contribution in [1.82, 2.24) is 14.3 Å². The molecule has 4 aliphatic rings. The summed E-state index contributed by atoms with van der Waals surface area (Å²) in [6.45, 7) is 0. The average molecular weight is 360 g/mol. The molecule has 0 radical (unpaired) electrons. The Hall–Kier alpha value is -2.56. The van der Waals surface area contributed by atoms with Crippen LogP contribution in [0.15, 0.2) is 29.1 Å². The van der Waals surface area contributed by atoms with E-state index in [-0.39, 0.29) is 22.7 Å². The molecule has 1 aromatic heterocycles. The molecule has 1 aliphatic heterocycles. The number of fused-ring (bicyclic) bond motifs is 1. The normalized spacial score (nSPS) is 31.7. The van der Waals surface area contributed by atoms with E-state index in [1.165, 1.54) is 16.8 Å². The fourth-order valence-corrected chi connectivity index (χ4v) is 4.89. The first kappa shape index (κ1) is 15.7. The van der Waals surface area contributed by atoms with E-state index in [1.807, 2.05) is 0 Å². The Morgan fingerprint density at radius 1 is 1.19 bits per heavy atom. The van der Waals surface area contributed by atoms with E-state index >= 15 is 0 Å². The maximum atomic E-state index is 12.9. The van der Waals surface area contributed by atoms with Gasteiger partial charge in [0.2, 0.25) is 0 Å². The van der Waals surface area contributed by atoms with Crippen LogP contribution in [0.3, 0.4) is 0 Å². The molecular formula is C18H15F3N4O. The molecule has 3 fully saturated rings. The highest BCUT2D eigenvalue weighted by atomic mass is 19.4. The SMILES string of the molecule is N#CC12CC(n3nc4n(c3=O)C(c3ccc(C(F)(F)F)cc3)CC4)(C1)C2. The van der Waals surface area contributed by atoms with E-state index < -0.39 is 11.7 Å². The van der Waals surface area contributed by atoms with Gasteiger partial charge in [-0.3, -0.25) is 4.57 Å². The van der Waals surface area contributed by atoms with E-state index in [9.17, 15) is 18.0 Å². The first-order valence-corrected chi connectivity index (χ1v) is 8.56. The lowest BCUT2D eigenvalue weighted by molar-refractivity contribution is -0.155. The molecule has 5 nitrogen and oxygen atoms in total. The zero-order valence-electron chi connectivity index (χ0n) is 13.8. The second kappa shape index (κ2) is 4.58. The summed E-state index contributed by atoms with van der Waals surface area (Å²) in [6, 6.07) is 7.03. The fourth-order valence-electron chi connectivity index (χ4n) is 4.89. The predicted octanol–water partition coefficient (Wildman–Crippen LogP) is 3.00. The molecule has 8 heteroatoms. The van der Waals surface area contributed by atoms with Crippen LogP contribution in [0.4, 0.5) is 13.2 Å². The standard InChI is InChI=1S/C18H15F3N4O/c19-18(20,21)12-3-1-11(2-4-12)13-5-6-14-23-25(15(26)24(13)14)17-7-16(8-17,9-17)10-22/h1-4,13H,5-9H2. The number of aryl methyl sites for hydroxylation is 1. The average Bonchev–Trinajstić information content (AvgIpc) is 3.06. The van der Waals surface area contributed by atoms with Crippen molar-refractivity contribution >= 4 is 0 Å². The molecule has 2 aromatic rings. The molecule has 26 heavy (non-hydrogen) atoms. The molecule has 0 amide bonds. The Labute approximate surface area is 146 Å². The predicted molar refractivity (Wildman–Crippen MR) is 84.3 cm³/mol. The van der Waals surface area contributed by atoms with E-state index in [0.717, 1.165) is 12.1 Å². The maximum Gasteiger partial charge on any atom is 0.416 e. The summed E-state index contributed by atoms with van der Waals surface area (Å²) >= 11 is 0. The van der Waals surface area contributed by atoms with Crippen LogP contribution in [-0.2, 0) is 18.1 Å². The third-order valence-electron chi connectivity index (χ3n) is 6.15. The molecule has 0 spiro atoms. The molecule has 1 aromatic carbocycles. The van der Waals surface area contributed by atoms with Crippen molar-refractivity contribution in [1.29, 1.82) is 5.26 Å². The van der Waals surface area contributed by atoms with Gasteiger partial charge in [0, 0.05) is 6.42 Å². The number of rotatable bonds is 2. The van der Waals surface area contributed by atoms with Crippen LogP contribution in [0.1, 0.15) is 48.7 Å². The Bertz CT molecular complexity index is 989. The number of aromatic nitrogens is 3. The lowest BCUT2D eigenvalue weighted by Crippen LogP contribution is -2.69. The lowest BCUT2D eigenvalue weighted by Gasteiger charge is -2.65. The van der Waals surface area contributed by atoms with E-state index in [1.54, 1.807) is 4.57 Å². The quantitative estimate of drug-likeness (QED) is 0.827. The van der Waals surface area contributed by atoms with Crippen LogP contribution in [0.25, 0.3) is 0 Å². The largest absolute Gasteiger partial charge is 0.416 e. The van der Waals surface area contributed by atoms with E-state index in [2.05, 4.69) is 11.2 Å². The van der Waals surface area contributed by atoms with Crippen LogP contribution in [0.5, 0.6) is 0 Å². The monoisotopic (exact) mass is 360 g/mol. The van der Waals surface area contributed by atoms with Crippen LogP contribution >= 0.6 is 0 Å². The summed E-state index contributed by atoms with van der Waals surface area (Å²) in [5.74, 6) is 0.677. The number of alkyl halides is 3. The van der Waals surface area contributed by atoms with Gasteiger partial charge in [-0.2, -0.15) is 23.5 Å². The number of hydrogen-bond donors (Lipinski definition) is 0. The van der Waals surface area contributed by atoms with Gasteiger partial charge in [0.05, 0.1) is 28.6 Å². The zero-order valence-corrected chi connectivity index (χ0v) is 13.8. The molecule has 134 valence electrons. The highest BCUT2D eigenvalue weighted by Crippen LogP contribution is 2.70. The maximum absolute atomic E-state index is 12.9. The molecule has 0 saturated heterocycles. The first-order chi connectivity index (χ1) is 12.3. The Balaban J connectivity index is 1.48. The summed E-state index contributed by atoms with van der Waals surface area (Å²) in [5.41, 5.74) is -0.828. The van der Waals surface area contributed by atoms with Gasteiger partial charge >= 0.3 is 11.9 Å². The van der Waals surface area contributed by atoms with Crippen molar-refractivity contribution in [3.63, 3.8) is 0 Å². The molecule has 2 bridgehead atoms. The fraction of sp³-hybridized carbons (Fsp3) is 0.500. The molecule has 2 heterocycles. The van der Waals surface area contributed by atoms with Crippen molar-refractivity contribution in [2.45, 2.75) is 49.9 Å². The summed E-state index contributed by atoms with van der Waals surface area (Å²) in [6.07, 6.45) is -1.11. The molecule has 6 rings (SSSR count). The van der Waals surface area contributed by atoms with Crippen molar-refractivity contribution in [3.05, 3.63) is 51.7 Å². The van der Waals surface area contributed by atoms with Crippen molar-refractivity contribution in [2.75, 3.05) is 0 Å². The minimum atomic E-state index is -4.37. The number of nitrogens with zero attached hydrogens (tertiary/aromatic N) is 4. The smallest absolute Gasteiger partial charge is 0.271 e. The molecule has 1 atom stereocenters. The van der Waals surface area contributed by atoms with Crippen LogP contribution in [0.2, 0.25) is 0 Å². The van der Waals surface area contributed by atoms with Gasteiger partial charge in [0.1, 0.15) is 5.82 Å². The van der Waals surface area contributed by atoms with Gasteiger partial charge in [-0.15, -0.1) is 0 Å². The van der Waals surface area contributed by atoms with Crippen molar-refractivity contribution in [2.24, 2.45) is 5.41 Å². The van der Waals surface area contributed by atoms with Crippen LogP contribution in [0, 0.1) is 16.7 Å². The van der Waals surface area contributed by atoms with Gasteiger partial charge < -0.3 is 0 Å². The third kappa shape index (κ3) is 1.86. The topological polar surface area (TPSA) is 63.6 Å². The number of halogens is 3. The highest BCUT2D eigenvalue weighted by molar-refractivity contribution is 5.31. The Morgan fingerprint density at radius 2 is 1.85 bits per heavy atom. The van der Waals surface area contributed by atoms with E-state index in [4.69, 9.17) is 5.26 Å². The zero-order chi connectivity index (χ0) is 18.3. The third-order valence-corrected chi connectivity index (χ3v) is 6.15. The summed E-state index contributed by atoms with van der Waals surface area (Å²) < 4.78 is 41.4. The number of benzene rings is 1. The van der Waals surface area contributed by atoms with Crippen molar-refractivity contribution in [3.8, 4) is 6.07 Å². The highest BCUT2D eigenvalue weighted by Gasteiger charge is 2.71. The Morgan fingerprint density at radius 3 is 2.42 bits per heavy atom. The summed E-state index contributed by atoms with van der Waals surface area (Å²) in [5, 5.41) is 13.7. The van der Waals surface area contributed by atoms with Crippen LogP contribution in [-0.4, -0.2) is 14.3 Å². The summed E-state index contributed by atoms with van der Waals surface area (Å²) in [7, 11) is 0. The minimum absolute atomic E-state index is 0.214. The van der Waals surface area contributed by atoms with Gasteiger partial charge in [-0.05, 0) is 43.4 Å². The molecule has 1 unspecified atom stereocenters. The number of nitriles is 1. The first-order valence-electron chi connectivity index (χ1n) is 8.56. The minimum Gasteiger partial charge on any atom is -0.271 e. The van der Waals surface area contributed by atoms with Gasteiger partial charge in [0.25, 0.3) is 0 Å². The van der Waals surface area contributed by atoms with Crippen molar-refractivity contribution < 1.29 is 13.2 Å². The number of hydrogen-bond acceptors (Lipinski definition) is 3. The molecule has 0 N–H and O–H groups in total. The summed E-state index contributed by atoms with van der Waals surface area (Å²) in [4.78, 5) is 12.9. The molecule has 3 aliphatic carbocycles. The Kier molecular flexibility index (Phi) is 2.76. The van der Waals surface area contributed by atoms with Crippen LogP contribution < -0.4 is 5.69 Å². The van der Waals surface area contributed by atoms with Gasteiger partial charge in [-0.1, -0.05) is 12.1 Å². The molecular weight excluding hydrogens is 345 g/mol. The lowest BCUT2D eigenvalue weighted by atomic mass is 9.40. The second-order valence-corrected chi connectivity index (χ2v) is 7.80. The second-order valence-electron chi connectivity index (χ2n) is 7.80.